The summed E-state index contributed by atoms with van der Waals surface area (Å²) in [4.78, 5) is 32.2. The van der Waals surface area contributed by atoms with Crippen molar-refractivity contribution in [3.63, 3.8) is 0 Å². The lowest BCUT2D eigenvalue weighted by atomic mass is 10.1. The zero-order chi connectivity index (χ0) is 23.0. The van der Waals surface area contributed by atoms with Gasteiger partial charge >= 0.3 is 0 Å². The number of benzene rings is 2. The Morgan fingerprint density at radius 1 is 1.00 bits per heavy atom. The SMILES string of the molecule is CCCCn1nc(C(=O)N(CCc2ccccc2)c2nc(-c3ccccc3)cs2)ccc1=O. The van der Waals surface area contributed by atoms with Gasteiger partial charge < -0.3 is 0 Å². The molecule has 1 amide bonds. The number of thiazole rings is 1. The Hall–Kier alpha value is -3.58. The van der Waals surface area contributed by atoms with Crippen LogP contribution in [0.25, 0.3) is 11.3 Å². The number of nitrogens with zero attached hydrogens (tertiary/aromatic N) is 4. The largest absolute Gasteiger partial charge is 0.282 e. The fourth-order valence-electron chi connectivity index (χ4n) is 3.47. The third kappa shape index (κ3) is 5.62. The molecule has 168 valence electrons. The summed E-state index contributed by atoms with van der Waals surface area (Å²) < 4.78 is 1.38. The topological polar surface area (TPSA) is 68.1 Å². The quantitative estimate of drug-likeness (QED) is 0.352. The third-order valence-corrected chi connectivity index (χ3v) is 6.18. The number of anilines is 1. The average Bonchev–Trinajstić information content (AvgIpc) is 3.35. The predicted octanol–water partition coefficient (Wildman–Crippen LogP) is 5.06. The van der Waals surface area contributed by atoms with Gasteiger partial charge in [0.1, 0.15) is 5.69 Å². The molecule has 6 nitrogen and oxygen atoms in total. The van der Waals surface area contributed by atoms with Crippen molar-refractivity contribution in [3.8, 4) is 11.3 Å². The molecular weight excluding hydrogens is 432 g/mol. The summed E-state index contributed by atoms with van der Waals surface area (Å²) >= 11 is 1.43. The Balaban J connectivity index is 1.65. The molecular formula is C26H26N4O2S. The number of aryl methyl sites for hydroxylation is 1. The number of hydrogen-bond acceptors (Lipinski definition) is 5. The van der Waals surface area contributed by atoms with Gasteiger partial charge in [0, 0.05) is 30.1 Å². The van der Waals surface area contributed by atoms with Crippen LogP contribution in [0.2, 0.25) is 0 Å². The molecule has 0 fully saturated rings. The van der Waals surface area contributed by atoms with Crippen LogP contribution in [0.3, 0.4) is 0 Å². The molecule has 0 atom stereocenters. The minimum atomic E-state index is -0.259. The highest BCUT2D eigenvalue weighted by Crippen LogP contribution is 2.28. The van der Waals surface area contributed by atoms with Crippen molar-refractivity contribution < 1.29 is 4.79 Å². The lowest BCUT2D eigenvalue weighted by Crippen LogP contribution is -2.35. The monoisotopic (exact) mass is 458 g/mol. The summed E-state index contributed by atoms with van der Waals surface area (Å²) in [6, 6.07) is 22.9. The lowest BCUT2D eigenvalue weighted by molar-refractivity contribution is 0.0980. The second-order valence-electron chi connectivity index (χ2n) is 7.71. The van der Waals surface area contributed by atoms with E-state index in [4.69, 9.17) is 4.98 Å². The van der Waals surface area contributed by atoms with Gasteiger partial charge in [0.25, 0.3) is 11.5 Å². The number of hydrogen-bond donors (Lipinski definition) is 0. The molecule has 0 aliphatic heterocycles. The first kappa shape index (κ1) is 22.6. The summed E-state index contributed by atoms with van der Waals surface area (Å²) in [6.07, 6.45) is 2.45. The first-order valence-electron chi connectivity index (χ1n) is 11.1. The molecule has 0 saturated carbocycles. The maximum Gasteiger partial charge on any atom is 0.280 e. The van der Waals surface area contributed by atoms with Gasteiger partial charge in [0.15, 0.2) is 5.13 Å². The maximum atomic E-state index is 13.6. The van der Waals surface area contributed by atoms with Crippen LogP contribution in [0.5, 0.6) is 0 Å². The Morgan fingerprint density at radius 3 is 2.45 bits per heavy atom. The van der Waals surface area contributed by atoms with Crippen molar-refractivity contribution in [1.82, 2.24) is 14.8 Å². The molecule has 2 aromatic heterocycles. The van der Waals surface area contributed by atoms with Gasteiger partial charge in [-0.15, -0.1) is 11.3 Å². The molecule has 0 aliphatic rings. The molecule has 0 unspecified atom stereocenters. The summed E-state index contributed by atoms with van der Waals surface area (Å²) in [5, 5.41) is 6.94. The standard InChI is InChI=1S/C26H26N4O2S/c1-2-3-17-30-24(31)15-14-22(28-30)25(32)29(18-16-20-10-6-4-7-11-20)26-27-23(19-33-26)21-12-8-5-9-13-21/h4-15,19H,2-3,16-18H2,1H3. The Labute approximate surface area is 197 Å². The summed E-state index contributed by atoms with van der Waals surface area (Å²) in [7, 11) is 0. The lowest BCUT2D eigenvalue weighted by Gasteiger charge is -2.20. The van der Waals surface area contributed by atoms with E-state index in [1.165, 1.54) is 28.2 Å². The first-order chi connectivity index (χ1) is 16.2. The van der Waals surface area contributed by atoms with Crippen molar-refractivity contribution in [1.29, 1.82) is 0 Å². The number of aromatic nitrogens is 3. The second-order valence-corrected chi connectivity index (χ2v) is 8.54. The molecule has 0 radical (unpaired) electrons. The minimum Gasteiger partial charge on any atom is -0.282 e. The molecule has 0 saturated heterocycles. The van der Waals surface area contributed by atoms with E-state index in [0.717, 1.165) is 29.7 Å². The summed E-state index contributed by atoms with van der Waals surface area (Å²) in [6.45, 7) is 3.01. The van der Waals surface area contributed by atoms with Gasteiger partial charge in [0.05, 0.1) is 5.69 Å². The van der Waals surface area contributed by atoms with Crippen LogP contribution in [0, 0.1) is 0 Å². The summed E-state index contributed by atoms with van der Waals surface area (Å²) in [5.41, 5.74) is 3.01. The van der Waals surface area contributed by atoms with Gasteiger partial charge in [-0.25, -0.2) is 9.67 Å². The van der Waals surface area contributed by atoms with Gasteiger partial charge in [-0.2, -0.15) is 5.10 Å². The molecule has 4 rings (SSSR count). The van der Waals surface area contributed by atoms with Crippen LogP contribution in [-0.4, -0.2) is 27.2 Å². The van der Waals surface area contributed by atoms with Crippen molar-refractivity contribution in [2.75, 3.05) is 11.4 Å². The van der Waals surface area contributed by atoms with Gasteiger partial charge in [-0.3, -0.25) is 14.5 Å². The normalized spacial score (nSPS) is 10.8. The van der Waals surface area contributed by atoms with E-state index in [1.54, 1.807) is 4.90 Å². The Bertz CT molecular complexity index is 1250. The molecule has 7 heteroatoms. The Morgan fingerprint density at radius 2 is 1.73 bits per heavy atom. The molecule has 4 aromatic rings. The zero-order valence-electron chi connectivity index (χ0n) is 18.6. The number of carbonyl (C=O) groups excluding carboxylic acids is 1. The van der Waals surface area contributed by atoms with E-state index in [9.17, 15) is 9.59 Å². The molecule has 2 aromatic carbocycles. The number of carbonyl (C=O) groups is 1. The molecule has 0 aliphatic carbocycles. The van der Waals surface area contributed by atoms with Crippen LogP contribution < -0.4 is 10.5 Å². The average molecular weight is 459 g/mol. The fourth-order valence-corrected chi connectivity index (χ4v) is 4.33. The zero-order valence-corrected chi connectivity index (χ0v) is 19.4. The number of unbranched alkanes of at least 4 members (excludes halogenated alkanes) is 1. The number of amides is 1. The summed E-state index contributed by atoms with van der Waals surface area (Å²) in [5.74, 6) is -0.259. The van der Waals surface area contributed by atoms with E-state index >= 15 is 0 Å². The van der Waals surface area contributed by atoms with Crippen molar-refractivity contribution in [2.24, 2.45) is 0 Å². The van der Waals surface area contributed by atoms with Gasteiger partial charge in [0.2, 0.25) is 0 Å². The molecule has 33 heavy (non-hydrogen) atoms. The second kappa shape index (κ2) is 10.8. The van der Waals surface area contributed by atoms with Gasteiger partial charge in [-0.1, -0.05) is 74.0 Å². The van der Waals surface area contributed by atoms with E-state index in [1.807, 2.05) is 66.0 Å². The van der Waals surface area contributed by atoms with Crippen molar-refractivity contribution in [3.05, 3.63) is 99.8 Å². The highest BCUT2D eigenvalue weighted by Gasteiger charge is 2.23. The van der Waals surface area contributed by atoms with E-state index in [-0.39, 0.29) is 17.2 Å². The minimum absolute atomic E-state index is 0.198. The fraction of sp³-hybridized carbons (Fsp3) is 0.231. The van der Waals surface area contributed by atoms with Crippen LogP contribution in [0.15, 0.2) is 83.0 Å². The number of rotatable bonds is 9. The molecule has 0 N–H and O–H groups in total. The highest BCUT2D eigenvalue weighted by molar-refractivity contribution is 7.14. The van der Waals surface area contributed by atoms with Crippen LogP contribution in [0.4, 0.5) is 5.13 Å². The third-order valence-electron chi connectivity index (χ3n) is 5.31. The smallest absolute Gasteiger partial charge is 0.280 e. The van der Waals surface area contributed by atoms with Gasteiger partial charge in [-0.05, 0) is 24.5 Å². The predicted molar refractivity (Wildman–Crippen MR) is 133 cm³/mol. The van der Waals surface area contributed by atoms with E-state index in [0.29, 0.717) is 24.6 Å². The van der Waals surface area contributed by atoms with E-state index < -0.39 is 0 Å². The van der Waals surface area contributed by atoms with E-state index in [2.05, 4.69) is 12.0 Å². The molecule has 2 heterocycles. The maximum absolute atomic E-state index is 13.6. The first-order valence-corrected chi connectivity index (χ1v) is 12.0. The van der Waals surface area contributed by atoms with Crippen molar-refractivity contribution >= 4 is 22.4 Å². The highest BCUT2D eigenvalue weighted by atomic mass is 32.1. The molecule has 0 bridgehead atoms. The van der Waals surface area contributed by atoms with Crippen LogP contribution in [-0.2, 0) is 13.0 Å². The van der Waals surface area contributed by atoms with Crippen LogP contribution in [0.1, 0.15) is 35.8 Å². The van der Waals surface area contributed by atoms with Crippen molar-refractivity contribution in [2.45, 2.75) is 32.7 Å². The molecule has 0 spiro atoms. The van der Waals surface area contributed by atoms with Crippen LogP contribution >= 0.6 is 11.3 Å². The Kier molecular flexibility index (Phi) is 7.42.